The maximum atomic E-state index is 12.8. The third-order valence-electron chi connectivity index (χ3n) is 3.78. The standard InChI is InChI=1S/C14H20F3N/c15-14(16,17)13-6-2-1-5-12(13)8-7-11-4-3-9-18-10-11/h5-6,11,18H,1-4,7-10H2. The quantitative estimate of drug-likeness (QED) is 0.808. The maximum absolute atomic E-state index is 12.8. The van der Waals surface area contributed by atoms with Gasteiger partial charge in [0.15, 0.2) is 0 Å². The molecule has 102 valence electrons. The molecule has 1 fully saturated rings. The van der Waals surface area contributed by atoms with Crippen molar-refractivity contribution in [3.63, 3.8) is 0 Å². The number of alkyl halides is 3. The van der Waals surface area contributed by atoms with Gasteiger partial charge in [0.25, 0.3) is 0 Å². The van der Waals surface area contributed by atoms with E-state index >= 15 is 0 Å². The Bertz CT molecular complexity index is 335. The van der Waals surface area contributed by atoms with E-state index in [9.17, 15) is 13.2 Å². The third kappa shape index (κ3) is 3.61. The lowest BCUT2D eigenvalue weighted by atomic mass is 9.88. The molecule has 0 aromatic rings. The van der Waals surface area contributed by atoms with Gasteiger partial charge in [0.1, 0.15) is 0 Å². The van der Waals surface area contributed by atoms with Crippen LogP contribution in [0.15, 0.2) is 23.3 Å². The molecule has 0 aromatic carbocycles. The van der Waals surface area contributed by atoms with Crippen LogP contribution in [0.25, 0.3) is 0 Å². The third-order valence-corrected chi connectivity index (χ3v) is 3.78. The minimum absolute atomic E-state index is 0.391. The van der Waals surface area contributed by atoms with Crippen molar-refractivity contribution in [2.45, 2.75) is 44.7 Å². The van der Waals surface area contributed by atoms with E-state index in [1.165, 1.54) is 6.08 Å². The second-order valence-electron chi connectivity index (χ2n) is 5.17. The largest absolute Gasteiger partial charge is 0.416 e. The highest BCUT2D eigenvalue weighted by Gasteiger charge is 2.36. The highest BCUT2D eigenvalue weighted by molar-refractivity contribution is 5.37. The Morgan fingerprint density at radius 1 is 1.22 bits per heavy atom. The maximum Gasteiger partial charge on any atom is 0.416 e. The molecule has 0 spiro atoms. The van der Waals surface area contributed by atoms with Crippen LogP contribution in [0.3, 0.4) is 0 Å². The van der Waals surface area contributed by atoms with Gasteiger partial charge in [-0.3, -0.25) is 0 Å². The van der Waals surface area contributed by atoms with Crippen LogP contribution in [0.5, 0.6) is 0 Å². The van der Waals surface area contributed by atoms with Crippen LogP contribution in [0.2, 0.25) is 0 Å². The number of piperidine rings is 1. The molecule has 2 rings (SSSR count). The second kappa shape index (κ2) is 5.91. The highest BCUT2D eigenvalue weighted by atomic mass is 19.4. The van der Waals surface area contributed by atoms with E-state index in [2.05, 4.69) is 5.32 Å². The van der Waals surface area contributed by atoms with Crippen molar-refractivity contribution < 1.29 is 13.2 Å². The van der Waals surface area contributed by atoms with Gasteiger partial charge in [-0.2, -0.15) is 13.2 Å². The van der Waals surface area contributed by atoms with Gasteiger partial charge >= 0.3 is 6.18 Å². The summed E-state index contributed by atoms with van der Waals surface area (Å²) in [5, 5.41) is 3.31. The number of nitrogens with one attached hydrogen (secondary N) is 1. The van der Waals surface area contributed by atoms with E-state index in [4.69, 9.17) is 0 Å². The van der Waals surface area contributed by atoms with Gasteiger partial charge in [-0.05, 0) is 63.1 Å². The fraction of sp³-hybridized carbons (Fsp3) is 0.714. The molecule has 0 radical (unpaired) electrons. The van der Waals surface area contributed by atoms with Gasteiger partial charge < -0.3 is 5.32 Å². The van der Waals surface area contributed by atoms with Crippen molar-refractivity contribution >= 4 is 0 Å². The molecule has 4 heteroatoms. The Hall–Kier alpha value is -0.770. The summed E-state index contributed by atoms with van der Waals surface area (Å²) in [6.45, 7) is 2.01. The van der Waals surface area contributed by atoms with Crippen LogP contribution < -0.4 is 5.32 Å². The Morgan fingerprint density at radius 2 is 2.00 bits per heavy atom. The van der Waals surface area contributed by atoms with E-state index in [0.717, 1.165) is 38.8 Å². The zero-order valence-corrected chi connectivity index (χ0v) is 10.5. The van der Waals surface area contributed by atoms with Crippen LogP contribution >= 0.6 is 0 Å². The second-order valence-corrected chi connectivity index (χ2v) is 5.17. The van der Waals surface area contributed by atoms with Crippen LogP contribution in [0.4, 0.5) is 13.2 Å². The number of hydrogen-bond donors (Lipinski definition) is 1. The summed E-state index contributed by atoms with van der Waals surface area (Å²) in [4.78, 5) is 0. The van der Waals surface area contributed by atoms with Crippen molar-refractivity contribution in [2.24, 2.45) is 5.92 Å². The van der Waals surface area contributed by atoms with E-state index in [0.29, 0.717) is 24.3 Å². The highest BCUT2D eigenvalue weighted by Crippen LogP contribution is 2.37. The van der Waals surface area contributed by atoms with Gasteiger partial charge in [-0.25, -0.2) is 0 Å². The molecule has 2 aliphatic rings. The SMILES string of the molecule is FC(F)(F)C1=CCCC=C1CCC1CCCNC1. The van der Waals surface area contributed by atoms with Gasteiger partial charge in [0.2, 0.25) is 0 Å². The van der Waals surface area contributed by atoms with E-state index in [1.807, 2.05) is 0 Å². The fourth-order valence-corrected chi connectivity index (χ4v) is 2.79. The smallest absolute Gasteiger partial charge is 0.316 e. The molecule has 1 nitrogen and oxygen atoms in total. The molecule has 1 N–H and O–H groups in total. The molecule has 0 bridgehead atoms. The minimum atomic E-state index is -4.18. The van der Waals surface area contributed by atoms with Crippen molar-refractivity contribution in [3.05, 3.63) is 23.3 Å². The Kier molecular flexibility index (Phi) is 4.49. The number of rotatable bonds is 3. The summed E-state index contributed by atoms with van der Waals surface area (Å²) in [5.41, 5.74) is 0.122. The first-order valence-electron chi connectivity index (χ1n) is 6.75. The summed E-state index contributed by atoms with van der Waals surface area (Å²) in [6, 6.07) is 0. The normalized spacial score (nSPS) is 25.6. The van der Waals surface area contributed by atoms with E-state index in [1.54, 1.807) is 6.08 Å². The fourth-order valence-electron chi connectivity index (χ4n) is 2.79. The van der Waals surface area contributed by atoms with Crippen LogP contribution in [0, 0.1) is 5.92 Å². The lowest BCUT2D eigenvalue weighted by molar-refractivity contribution is -0.0901. The molecule has 1 atom stereocenters. The molecular weight excluding hydrogens is 239 g/mol. The van der Waals surface area contributed by atoms with Crippen molar-refractivity contribution in [2.75, 3.05) is 13.1 Å². The van der Waals surface area contributed by atoms with E-state index in [-0.39, 0.29) is 0 Å². The molecule has 1 unspecified atom stereocenters. The molecule has 18 heavy (non-hydrogen) atoms. The van der Waals surface area contributed by atoms with Crippen LogP contribution in [-0.2, 0) is 0 Å². The first kappa shape index (κ1) is 13.7. The monoisotopic (exact) mass is 259 g/mol. The number of hydrogen-bond acceptors (Lipinski definition) is 1. The van der Waals surface area contributed by atoms with Gasteiger partial charge in [0.05, 0.1) is 5.57 Å². The molecule has 1 saturated heterocycles. The molecule has 0 aromatic heterocycles. The number of halogens is 3. The molecule has 0 saturated carbocycles. The van der Waals surface area contributed by atoms with Gasteiger partial charge in [-0.1, -0.05) is 12.2 Å². The predicted molar refractivity (Wildman–Crippen MR) is 66.3 cm³/mol. The Morgan fingerprint density at radius 3 is 2.67 bits per heavy atom. The lowest BCUT2D eigenvalue weighted by Crippen LogP contribution is -2.29. The zero-order valence-electron chi connectivity index (χ0n) is 10.5. The van der Waals surface area contributed by atoms with Crippen molar-refractivity contribution in [3.8, 4) is 0 Å². The first-order chi connectivity index (χ1) is 8.57. The van der Waals surface area contributed by atoms with Gasteiger partial charge in [0, 0.05) is 0 Å². The topological polar surface area (TPSA) is 12.0 Å². The first-order valence-corrected chi connectivity index (χ1v) is 6.75. The molecule has 0 amide bonds. The number of allylic oxidation sites excluding steroid dienone is 4. The molecular formula is C14H20F3N. The Labute approximate surface area is 106 Å². The summed E-state index contributed by atoms with van der Waals surface area (Å²) in [7, 11) is 0. The summed E-state index contributed by atoms with van der Waals surface area (Å²) < 4.78 is 38.5. The minimum Gasteiger partial charge on any atom is -0.316 e. The van der Waals surface area contributed by atoms with Crippen LogP contribution in [0.1, 0.15) is 38.5 Å². The molecule has 1 aliphatic carbocycles. The predicted octanol–water partition coefficient (Wildman–Crippen LogP) is 3.98. The van der Waals surface area contributed by atoms with E-state index < -0.39 is 11.7 Å². The van der Waals surface area contributed by atoms with Crippen molar-refractivity contribution in [1.82, 2.24) is 5.32 Å². The summed E-state index contributed by atoms with van der Waals surface area (Å²) in [5.74, 6) is 0.538. The van der Waals surface area contributed by atoms with Crippen LogP contribution in [-0.4, -0.2) is 19.3 Å². The summed E-state index contributed by atoms with van der Waals surface area (Å²) >= 11 is 0. The van der Waals surface area contributed by atoms with Crippen molar-refractivity contribution in [1.29, 1.82) is 0 Å². The van der Waals surface area contributed by atoms with Gasteiger partial charge in [-0.15, -0.1) is 0 Å². The molecule has 1 aliphatic heterocycles. The zero-order chi connectivity index (χ0) is 13.0. The average Bonchev–Trinajstić information content (AvgIpc) is 2.37. The molecule has 1 heterocycles. The summed E-state index contributed by atoms with van der Waals surface area (Å²) in [6.07, 6.45) is 3.94. The Balaban J connectivity index is 1.91. The lowest BCUT2D eigenvalue weighted by Gasteiger charge is -2.25. The average molecular weight is 259 g/mol.